The van der Waals surface area contributed by atoms with Crippen LogP contribution in [0.25, 0.3) is 0 Å². The molecule has 0 aliphatic carbocycles. The van der Waals surface area contributed by atoms with E-state index in [-0.39, 0.29) is 5.60 Å². The number of piperidine rings is 1. The summed E-state index contributed by atoms with van der Waals surface area (Å²) >= 11 is 0. The van der Waals surface area contributed by atoms with E-state index in [2.05, 4.69) is 56.0 Å². The molecule has 132 valence electrons. The molecule has 4 rings (SSSR count). The lowest BCUT2D eigenvalue weighted by Gasteiger charge is -2.46. The van der Waals surface area contributed by atoms with Crippen LogP contribution in [0.2, 0.25) is 0 Å². The molecule has 0 radical (unpaired) electrons. The van der Waals surface area contributed by atoms with Gasteiger partial charge in [0.15, 0.2) is 0 Å². The number of para-hydroxylation sites is 1. The Morgan fingerprint density at radius 2 is 1.60 bits per heavy atom. The standard InChI is InChI=1S/C22H28N2O/c1-15-16(2)21-19(17(3)20(15)23)9-10-22(25-21)11-13-24(14-12-22)18-7-5-4-6-8-18/h4-8H,9-14,23H2,1-3H3. The average molecular weight is 336 g/mol. The lowest BCUT2D eigenvalue weighted by molar-refractivity contribution is 0.0217. The van der Waals surface area contributed by atoms with E-state index in [0.29, 0.717) is 0 Å². The molecule has 0 bridgehead atoms. The minimum Gasteiger partial charge on any atom is -0.487 e. The SMILES string of the molecule is Cc1c(C)c2c(c(C)c1N)CCC1(CCN(c3ccccc3)CC1)O2. The van der Waals surface area contributed by atoms with Crippen LogP contribution in [-0.2, 0) is 6.42 Å². The molecule has 25 heavy (non-hydrogen) atoms. The molecule has 3 heteroatoms. The lowest BCUT2D eigenvalue weighted by atomic mass is 9.80. The smallest absolute Gasteiger partial charge is 0.126 e. The van der Waals surface area contributed by atoms with E-state index in [4.69, 9.17) is 10.5 Å². The molecular weight excluding hydrogens is 308 g/mol. The van der Waals surface area contributed by atoms with E-state index in [0.717, 1.165) is 50.2 Å². The Labute approximate surface area is 150 Å². The maximum absolute atomic E-state index is 6.71. The predicted molar refractivity (Wildman–Crippen MR) is 105 cm³/mol. The molecule has 3 nitrogen and oxygen atoms in total. The van der Waals surface area contributed by atoms with Crippen LogP contribution in [0.1, 0.15) is 41.5 Å². The van der Waals surface area contributed by atoms with Crippen molar-refractivity contribution in [3.8, 4) is 5.75 Å². The van der Waals surface area contributed by atoms with Crippen molar-refractivity contribution in [2.75, 3.05) is 23.7 Å². The van der Waals surface area contributed by atoms with E-state index in [1.54, 1.807) is 0 Å². The molecule has 1 spiro atoms. The van der Waals surface area contributed by atoms with Crippen LogP contribution < -0.4 is 15.4 Å². The molecule has 0 amide bonds. The summed E-state index contributed by atoms with van der Waals surface area (Å²) in [6, 6.07) is 10.7. The van der Waals surface area contributed by atoms with Crippen molar-refractivity contribution >= 4 is 11.4 Å². The first-order valence-electron chi connectivity index (χ1n) is 9.38. The first-order valence-corrected chi connectivity index (χ1v) is 9.38. The maximum atomic E-state index is 6.71. The van der Waals surface area contributed by atoms with Gasteiger partial charge in [0.05, 0.1) is 0 Å². The van der Waals surface area contributed by atoms with Crippen LogP contribution in [0.5, 0.6) is 5.75 Å². The fourth-order valence-corrected chi connectivity index (χ4v) is 4.44. The number of benzene rings is 2. The molecule has 2 N–H and O–H groups in total. The zero-order valence-electron chi connectivity index (χ0n) is 15.6. The summed E-state index contributed by atoms with van der Waals surface area (Å²) in [5, 5.41) is 0. The normalized spacial score (nSPS) is 18.8. The molecule has 2 heterocycles. The van der Waals surface area contributed by atoms with E-state index < -0.39 is 0 Å². The predicted octanol–water partition coefficient (Wildman–Crippen LogP) is 4.56. The third-order valence-corrected chi connectivity index (χ3v) is 6.38. The minimum absolute atomic E-state index is 0.00195. The number of ether oxygens (including phenoxy) is 1. The highest BCUT2D eigenvalue weighted by Crippen LogP contribution is 2.45. The van der Waals surface area contributed by atoms with Gasteiger partial charge in [-0.25, -0.2) is 0 Å². The third-order valence-electron chi connectivity index (χ3n) is 6.38. The summed E-state index contributed by atoms with van der Waals surface area (Å²) in [5.74, 6) is 1.11. The molecular formula is C22H28N2O. The quantitative estimate of drug-likeness (QED) is 0.776. The molecule has 0 saturated carbocycles. The molecule has 0 aromatic heterocycles. The number of nitrogens with zero attached hydrogens (tertiary/aromatic N) is 1. The second kappa shape index (κ2) is 5.98. The van der Waals surface area contributed by atoms with Gasteiger partial charge < -0.3 is 15.4 Å². The van der Waals surface area contributed by atoms with Gasteiger partial charge in [0.25, 0.3) is 0 Å². The second-order valence-corrected chi connectivity index (χ2v) is 7.70. The zero-order valence-corrected chi connectivity index (χ0v) is 15.6. The highest BCUT2D eigenvalue weighted by Gasteiger charge is 2.40. The minimum atomic E-state index is -0.00195. The van der Waals surface area contributed by atoms with Crippen LogP contribution >= 0.6 is 0 Å². The maximum Gasteiger partial charge on any atom is 0.126 e. The summed E-state index contributed by atoms with van der Waals surface area (Å²) in [4.78, 5) is 2.48. The van der Waals surface area contributed by atoms with Gasteiger partial charge >= 0.3 is 0 Å². The molecule has 0 atom stereocenters. The highest BCUT2D eigenvalue weighted by atomic mass is 16.5. The van der Waals surface area contributed by atoms with Gasteiger partial charge in [-0.15, -0.1) is 0 Å². The van der Waals surface area contributed by atoms with Crippen LogP contribution in [0, 0.1) is 20.8 Å². The fraction of sp³-hybridized carbons (Fsp3) is 0.455. The Morgan fingerprint density at radius 1 is 0.920 bits per heavy atom. The molecule has 0 unspecified atom stereocenters. The second-order valence-electron chi connectivity index (χ2n) is 7.70. The number of rotatable bonds is 1. The Kier molecular flexibility index (Phi) is 3.90. The fourth-order valence-electron chi connectivity index (χ4n) is 4.44. The van der Waals surface area contributed by atoms with Gasteiger partial charge in [-0.2, -0.15) is 0 Å². The lowest BCUT2D eigenvalue weighted by Crippen LogP contribution is -2.50. The van der Waals surface area contributed by atoms with Crippen molar-refractivity contribution in [3.05, 3.63) is 52.6 Å². The molecule has 2 aromatic carbocycles. The van der Waals surface area contributed by atoms with Crippen molar-refractivity contribution in [2.45, 2.75) is 52.1 Å². The van der Waals surface area contributed by atoms with E-state index in [1.165, 1.54) is 27.9 Å². The number of nitrogen functional groups attached to an aromatic ring is 1. The average Bonchev–Trinajstić information content (AvgIpc) is 2.66. The van der Waals surface area contributed by atoms with Crippen molar-refractivity contribution < 1.29 is 4.74 Å². The molecule has 2 aliphatic rings. The van der Waals surface area contributed by atoms with Crippen LogP contribution in [-0.4, -0.2) is 18.7 Å². The van der Waals surface area contributed by atoms with E-state index in [1.807, 2.05) is 0 Å². The summed E-state index contributed by atoms with van der Waals surface area (Å²) in [7, 11) is 0. The van der Waals surface area contributed by atoms with Crippen LogP contribution in [0.4, 0.5) is 11.4 Å². The monoisotopic (exact) mass is 336 g/mol. The number of nitrogens with two attached hydrogens (primary N) is 1. The number of fused-ring (bicyclic) bond motifs is 1. The van der Waals surface area contributed by atoms with E-state index >= 15 is 0 Å². The van der Waals surface area contributed by atoms with Crippen molar-refractivity contribution in [2.24, 2.45) is 0 Å². The van der Waals surface area contributed by atoms with Crippen molar-refractivity contribution in [1.82, 2.24) is 0 Å². The Balaban J connectivity index is 1.57. The van der Waals surface area contributed by atoms with Gasteiger partial charge in [-0.1, -0.05) is 18.2 Å². The summed E-state index contributed by atoms with van der Waals surface area (Å²) in [5.41, 5.74) is 13.5. The highest BCUT2D eigenvalue weighted by molar-refractivity contribution is 5.65. The summed E-state index contributed by atoms with van der Waals surface area (Å²) in [6.07, 6.45) is 4.36. The molecule has 2 aliphatic heterocycles. The molecule has 1 fully saturated rings. The van der Waals surface area contributed by atoms with Gasteiger partial charge in [-0.3, -0.25) is 0 Å². The number of hydrogen-bond donors (Lipinski definition) is 1. The van der Waals surface area contributed by atoms with Gasteiger partial charge in [0.1, 0.15) is 11.4 Å². The van der Waals surface area contributed by atoms with Crippen LogP contribution in [0.15, 0.2) is 30.3 Å². The first-order chi connectivity index (χ1) is 12.0. The topological polar surface area (TPSA) is 38.5 Å². The number of anilines is 2. The number of hydrogen-bond acceptors (Lipinski definition) is 3. The Bertz CT molecular complexity index is 790. The summed E-state index contributed by atoms with van der Waals surface area (Å²) in [6.45, 7) is 8.53. The van der Waals surface area contributed by atoms with E-state index in [9.17, 15) is 0 Å². The Morgan fingerprint density at radius 3 is 2.28 bits per heavy atom. The van der Waals surface area contributed by atoms with Crippen LogP contribution in [0.3, 0.4) is 0 Å². The van der Waals surface area contributed by atoms with Gasteiger partial charge in [0.2, 0.25) is 0 Å². The van der Waals surface area contributed by atoms with Gasteiger partial charge in [0, 0.05) is 37.3 Å². The zero-order chi connectivity index (χ0) is 17.6. The largest absolute Gasteiger partial charge is 0.487 e. The molecule has 1 saturated heterocycles. The van der Waals surface area contributed by atoms with Gasteiger partial charge in [-0.05, 0) is 68.0 Å². The third kappa shape index (κ3) is 2.66. The van der Waals surface area contributed by atoms with Crippen molar-refractivity contribution in [3.63, 3.8) is 0 Å². The first kappa shape index (κ1) is 16.3. The molecule has 2 aromatic rings. The Hall–Kier alpha value is -2.16. The van der Waals surface area contributed by atoms with Crippen molar-refractivity contribution in [1.29, 1.82) is 0 Å². The summed E-state index contributed by atoms with van der Waals surface area (Å²) < 4.78 is 6.71.